The molecule has 0 fully saturated rings. The summed E-state index contributed by atoms with van der Waals surface area (Å²) in [6, 6.07) is 20.3. The summed E-state index contributed by atoms with van der Waals surface area (Å²) < 4.78 is 1.90. The van der Waals surface area contributed by atoms with Crippen LogP contribution < -0.4 is 10.6 Å². The zero-order valence-electron chi connectivity index (χ0n) is 12.9. The lowest BCUT2D eigenvalue weighted by Crippen LogP contribution is -2.31. The summed E-state index contributed by atoms with van der Waals surface area (Å²) in [5.74, 6) is 0. The van der Waals surface area contributed by atoms with Crippen molar-refractivity contribution in [2.45, 2.75) is 6.54 Å². The molecule has 4 nitrogen and oxygen atoms in total. The first-order valence-corrected chi connectivity index (χ1v) is 7.83. The molecule has 0 spiro atoms. The van der Waals surface area contributed by atoms with Gasteiger partial charge < -0.3 is 10.6 Å². The molecule has 1 aromatic heterocycles. The van der Waals surface area contributed by atoms with E-state index < -0.39 is 0 Å². The standard InChI is InChI=1S/C18H18N4S/c1-19-18(23)20-12-15-13-22(16-10-6-3-7-11-16)21-17(15)14-8-4-2-5-9-14/h2-11,13H,12H2,1H3,(H2,19,20,23). The van der Waals surface area contributed by atoms with Crippen LogP contribution >= 0.6 is 12.2 Å². The van der Waals surface area contributed by atoms with Gasteiger partial charge in [-0.15, -0.1) is 0 Å². The number of benzene rings is 2. The number of rotatable bonds is 4. The molecule has 0 aliphatic carbocycles. The Morgan fingerprint density at radius 1 is 1.04 bits per heavy atom. The fourth-order valence-corrected chi connectivity index (χ4v) is 2.43. The molecule has 2 N–H and O–H groups in total. The molecule has 116 valence electrons. The van der Waals surface area contributed by atoms with Gasteiger partial charge in [0.2, 0.25) is 0 Å². The first kappa shape index (κ1) is 15.2. The third-order valence-electron chi connectivity index (χ3n) is 3.52. The van der Waals surface area contributed by atoms with Crippen LogP contribution in [0.4, 0.5) is 0 Å². The molecule has 0 saturated heterocycles. The third kappa shape index (κ3) is 3.57. The van der Waals surface area contributed by atoms with Crippen molar-refractivity contribution in [1.82, 2.24) is 20.4 Å². The minimum Gasteiger partial charge on any atom is -0.366 e. The molecule has 2 aromatic carbocycles. The largest absolute Gasteiger partial charge is 0.366 e. The maximum absolute atomic E-state index is 5.17. The third-order valence-corrected chi connectivity index (χ3v) is 3.87. The van der Waals surface area contributed by atoms with Crippen LogP contribution in [0.1, 0.15) is 5.56 Å². The van der Waals surface area contributed by atoms with Gasteiger partial charge in [0.05, 0.1) is 11.4 Å². The second kappa shape index (κ2) is 7.07. The van der Waals surface area contributed by atoms with Crippen molar-refractivity contribution in [2.24, 2.45) is 0 Å². The smallest absolute Gasteiger partial charge is 0.166 e. The Labute approximate surface area is 141 Å². The molecule has 0 saturated carbocycles. The molecule has 1 heterocycles. The second-order valence-electron chi connectivity index (χ2n) is 5.08. The van der Waals surface area contributed by atoms with Crippen molar-refractivity contribution in [1.29, 1.82) is 0 Å². The summed E-state index contributed by atoms with van der Waals surface area (Å²) >= 11 is 5.17. The van der Waals surface area contributed by atoms with Gasteiger partial charge in [-0.2, -0.15) is 5.10 Å². The van der Waals surface area contributed by atoms with Crippen molar-refractivity contribution in [3.8, 4) is 16.9 Å². The van der Waals surface area contributed by atoms with Crippen molar-refractivity contribution in [3.63, 3.8) is 0 Å². The number of hydrogen-bond donors (Lipinski definition) is 2. The lowest BCUT2D eigenvalue weighted by atomic mass is 10.1. The Morgan fingerprint density at radius 3 is 2.35 bits per heavy atom. The predicted octanol–water partition coefficient (Wildman–Crippen LogP) is 3.13. The van der Waals surface area contributed by atoms with Gasteiger partial charge in [0, 0.05) is 30.9 Å². The molecule has 0 aliphatic heterocycles. The van der Waals surface area contributed by atoms with Crippen LogP contribution in [-0.4, -0.2) is 21.9 Å². The Morgan fingerprint density at radius 2 is 1.70 bits per heavy atom. The quantitative estimate of drug-likeness (QED) is 0.724. The van der Waals surface area contributed by atoms with Gasteiger partial charge in [-0.05, 0) is 24.4 Å². The maximum atomic E-state index is 5.17. The highest BCUT2D eigenvalue weighted by Gasteiger charge is 2.12. The van der Waals surface area contributed by atoms with Crippen molar-refractivity contribution < 1.29 is 0 Å². The zero-order chi connectivity index (χ0) is 16.1. The Kier molecular flexibility index (Phi) is 4.68. The summed E-state index contributed by atoms with van der Waals surface area (Å²) in [7, 11) is 1.81. The van der Waals surface area contributed by atoms with Gasteiger partial charge in [0.25, 0.3) is 0 Å². The first-order chi connectivity index (χ1) is 11.3. The number of thiocarbonyl (C=S) groups is 1. The van der Waals surface area contributed by atoms with Crippen LogP contribution in [0, 0.1) is 0 Å². The van der Waals surface area contributed by atoms with E-state index in [9.17, 15) is 0 Å². The van der Waals surface area contributed by atoms with Gasteiger partial charge in [-0.1, -0.05) is 48.5 Å². The van der Waals surface area contributed by atoms with E-state index in [-0.39, 0.29) is 0 Å². The molecule has 0 atom stereocenters. The van der Waals surface area contributed by atoms with Gasteiger partial charge in [-0.3, -0.25) is 0 Å². The molecule has 0 unspecified atom stereocenters. The fraction of sp³-hybridized carbons (Fsp3) is 0.111. The zero-order valence-corrected chi connectivity index (χ0v) is 13.7. The second-order valence-corrected chi connectivity index (χ2v) is 5.49. The topological polar surface area (TPSA) is 41.9 Å². The summed E-state index contributed by atoms with van der Waals surface area (Å²) in [6.07, 6.45) is 2.04. The predicted molar refractivity (Wildman–Crippen MR) is 97.5 cm³/mol. The molecule has 0 aliphatic rings. The van der Waals surface area contributed by atoms with Gasteiger partial charge in [0.1, 0.15) is 0 Å². The number of para-hydroxylation sites is 1. The normalized spacial score (nSPS) is 10.3. The Hall–Kier alpha value is -2.66. The SMILES string of the molecule is CNC(=S)NCc1cn(-c2ccccc2)nc1-c1ccccc1. The summed E-state index contributed by atoms with van der Waals surface area (Å²) in [5, 5.41) is 11.5. The molecule has 3 rings (SSSR count). The molecule has 0 bridgehead atoms. The van der Waals surface area contributed by atoms with Gasteiger partial charge >= 0.3 is 0 Å². The van der Waals surface area contributed by atoms with Crippen molar-refractivity contribution in [3.05, 3.63) is 72.4 Å². The minimum absolute atomic E-state index is 0.622. The average Bonchev–Trinajstić information content (AvgIpc) is 3.05. The van der Waals surface area contributed by atoms with E-state index in [2.05, 4.69) is 22.8 Å². The van der Waals surface area contributed by atoms with E-state index in [0.717, 1.165) is 22.5 Å². The molecule has 3 aromatic rings. The summed E-state index contributed by atoms with van der Waals surface area (Å²) in [6.45, 7) is 0.622. The highest BCUT2D eigenvalue weighted by molar-refractivity contribution is 7.80. The molecule has 5 heteroatoms. The van der Waals surface area contributed by atoms with Crippen molar-refractivity contribution in [2.75, 3.05) is 7.05 Å². The highest BCUT2D eigenvalue weighted by Crippen LogP contribution is 2.23. The number of nitrogens with zero attached hydrogens (tertiary/aromatic N) is 2. The van der Waals surface area contributed by atoms with Crippen LogP contribution in [0.15, 0.2) is 66.9 Å². The van der Waals surface area contributed by atoms with Gasteiger partial charge in [0.15, 0.2) is 5.11 Å². The van der Waals surface area contributed by atoms with E-state index in [1.54, 1.807) is 7.05 Å². The van der Waals surface area contributed by atoms with E-state index in [0.29, 0.717) is 11.7 Å². The number of aromatic nitrogens is 2. The van der Waals surface area contributed by atoms with E-state index >= 15 is 0 Å². The Balaban J connectivity index is 1.98. The van der Waals surface area contributed by atoms with Crippen LogP contribution in [0.5, 0.6) is 0 Å². The molecule has 0 amide bonds. The van der Waals surface area contributed by atoms with Crippen molar-refractivity contribution >= 4 is 17.3 Å². The molecule has 0 radical (unpaired) electrons. The monoisotopic (exact) mass is 322 g/mol. The fourth-order valence-electron chi connectivity index (χ4n) is 2.35. The highest BCUT2D eigenvalue weighted by atomic mass is 32.1. The lowest BCUT2D eigenvalue weighted by molar-refractivity contribution is 0.873. The average molecular weight is 322 g/mol. The molecule has 23 heavy (non-hydrogen) atoms. The first-order valence-electron chi connectivity index (χ1n) is 7.43. The van der Waals surface area contributed by atoms with Gasteiger partial charge in [-0.25, -0.2) is 4.68 Å². The lowest BCUT2D eigenvalue weighted by Gasteiger charge is -2.06. The van der Waals surface area contributed by atoms with Crippen LogP contribution in [-0.2, 0) is 6.54 Å². The minimum atomic E-state index is 0.622. The van der Waals surface area contributed by atoms with Crippen LogP contribution in [0.3, 0.4) is 0 Å². The van der Waals surface area contributed by atoms with E-state index in [1.807, 2.05) is 59.4 Å². The molecular formula is C18H18N4S. The van der Waals surface area contributed by atoms with E-state index in [4.69, 9.17) is 17.3 Å². The maximum Gasteiger partial charge on any atom is 0.166 e. The molecular weight excluding hydrogens is 304 g/mol. The van der Waals surface area contributed by atoms with E-state index in [1.165, 1.54) is 0 Å². The van der Waals surface area contributed by atoms with Crippen LogP contribution in [0.2, 0.25) is 0 Å². The summed E-state index contributed by atoms with van der Waals surface area (Å²) in [4.78, 5) is 0. The number of nitrogens with one attached hydrogen (secondary N) is 2. The number of hydrogen-bond acceptors (Lipinski definition) is 2. The Bertz CT molecular complexity index is 781. The summed E-state index contributed by atoms with van der Waals surface area (Å²) in [5.41, 5.74) is 4.18. The van der Waals surface area contributed by atoms with Crippen LogP contribution in [0.25, 0.3) is 16.9 Å².